The number of hydrogen-bond acceptors (Lipinski definition) is 7. The van der Waals surface area contributed by atoms with Crippen molar-refractivity contribution in [2.45, 2.75) is 25.8 Å². The van der Waals surface area contributed by atoms with Gasteiger partial charge in [0.05, 0.1) is 11.6 Å². The fourth-order valence-electron chi connectivity index (χ4n) is 3.18. The number of carbonyl (C=O) groups excluding carboxylic acids is 1. The molecule has 0 saturated carbocycles. The van der Waals surface area contributed by atoms with Crippen LogP contribution in [0.3, 0.4) is 0 Å². The van der Waals surface area contributed by atoms with Gasteiger partial charge in [0.25, 0.3) is 16.8 Å². The Morgan fingerprint density at radius 1 is 1.00 bits per heavy atom. The lowest BCUT2D eigenvalue weighted by atomic mass is 10.0. The molecule has 0 bridgehead atoms. The topological polar surface area (TPSA) is 148 Å². The van der Waals surface area contributed by atoms with Gasteiger partial charge >= 0.3 is 5.97 Å². The number of nitrogens with one attached hydrogen (secondary N) is 3. The molecule has 0 aliphatic heterocycles. The molecule has 4 N–H and O–H groups in total. The first kappa shape index (κ1) is 23.2. The molecular weight excluding hydrogens is 424 g/mol. The Morgan fingerprint density at radius 3 is 2.21 bits per heavy atom. The summed E-state index contributed by atoms with van der Waals surface area (Å²) in [6.45, 7) is 2.40. The Hall–Kier alpha value is -4.45. The molecule has 3 aromatic rings. The van der Waals surface area contributed by atoms with Crippen molar-refractivity contribution in [1.82, 2.24) is 0 Å². The second-order valence-electron chi connectivity index (χ2n) is 7.41. The lowest BCUT2D eigenvalue weighted by Gasteiger charge is -2.20. The summed E-state index contributed by atoms with van der Waals surface area (Å²) in [6.07, 6.45) is 0.805. The molecule has 0 aliphatic carbocycles. The highest BCUT2D eigenvalue weighted by atomic mass is 16.4. The quantitative estimate of drug-likeness (QED) is 0.347. The highest BCUT2D eigenvalue weighted by Crippen LogP contribution is 2.18. The number of carbonyl (C=O) groups is 2. The molecule has 1 amide bonds. The number of carboxylic acid groups (broad SMARTS) is 1. The maximum absolute atomic E-state index is 12.3. The molecule has 0 aromatic heterocycles. The van der Waals surface area contributed by atoms with E-state index in [4.69, 9.17) is 5.26 Å². The monoisotopic (exact) mass is 446 g/mol. The van der Waals surface area contributed by atoms with E-state index in [1.807, 2.05) is 13.0 Å². The highest BCUT2D eigenvalue weighted by molar-refractivity contribution is 6.04. The van der Waals surface area contributed by atoms with E-state index in [1.54, 1.807) is 48.5 Å². The van der Waals surface area contributed by atoms with Crippen molar-refractivity contribution >= 4 is 28.9 Å². The number of anilines is 3. The predicted octanol–water partition coefficient (Wildman–Crippen LogP) is 2.34. The Labute approximate surface area is 189 Å². The van der Waals surface area contributed by atoms with Crippen molar-refractivity contribution in [2.75, 3.05) is 22.5 Å². The first-order valence-electron chi connectivity index (χ1n) is 10.3. The number of benzene rings is 2. The van der Waals surface area contributed by atoms with Gasteiger partial charge in [-0.05, 0) is 48.4 Å². The van der Waals surface area contributed by atoms with E-state index in [9.17, 15) is 24.3 Å². The van der Waals surface area contributed by atoms with E-state index >= 15 is 0 Å². The lowest BCUT2D eigenvalue weighted by Crippen LogP contribution is -2.42. The predicted molar refractivity (Wildman–Crippen MR) is 124 cm³/mol. The fourth-order valence-corrected chi connectivity index (χ4v) is 3.18. The zero-order valence-corrected chi connectivity index (χ0v) is 17.8. The van der Waals surface area contributed by atoms with Gasteiger partial charge in [0.2, 0.25) is 0 Å². The van der Waals surface area contributed by atoms with E-state index in [2.05, 4.69) is 16.0 Å². The fraction of sp³-hybridized carbons (Fsp3) is 0.208. The zero-order chi connectivity index (χ0) is 24.0. The van der Waals surface area contributed by atoms with Crippen molar-refractivity contribution in [3.63, 3.8) is 0 Å². The van der Waals surface area contributed by atoms with Crippen LogP contribution in [0, 0.1) is 11.3 Å². The number of aliphatic carboxylic acids is 1. The molecule has 33 heavy (non-hydrogen) atoms. The van der Waals surface area contributed by atoms with Gasteiger partial charge in [-0.25, -0.2) is 4.79 Å². The standard InChI is InChI=1S/C24H22N4O5/c1-2-11-26-19-20(22(30)21(19)29)28-18(24(32)33)12-14-5-9-17(10-6-14)27-23(31)16-7-3-15(13-25)4-8-16/h3-10,18,26,28H,2,11-12H2,1H3,(H,27,31)(H,32,33). The lowest BCUT2D eigenvalue weighted by molar-refractivity contribution is -0.137. The molecule has 0 aliphatic rings. The van der Waals surface area contributed by atoms with Crippen molar-refractivity contribution in [1.29, 1.82) is 5.26 Å². The molecule has 3 rings (SSSR count). The van der Waals surface area contributed by atoms with Crippen LogP contribution < -0.4 is 26.8 Å². The molecule has 3 aromatic carbocycles. The third-order valence-corrected chi connectivity index (χ3v) is 5.01. The number of nitrogens with zero attached hydrogens (tertiary/aromatic N) is 1. The third-order valence-electron chi connectivity index (χ3n) is 5.01. The van der Waals surface area contributed by atoms with Crippen LogP contribution in [0.15, 0.2) is 58.1 Å². The first-order valence-corrected chi connectivity index (χ1v) is 10.3. The number of amides is 1. The number of nitriles is 1. The van der Waals surface area contributed by atoms with Gasteiger partial charge in [-0.2, -0.15) is 5.26 Å². The van der Waals surface area contributed by atoms with Gasteiger partial charge in [-0.3, -0.25) is 14.4 Å². The largest absolute Gasteiger partial charge is 0.480 e. The summed E-state index contributed by atoms with van der Waals surface area (Å²) < 4.78 is 0. The maximum atomic E-state index is 12.3. The summed E-state index contributed by atoms with van der Waals surface area (Å²) in [7, 11) is 0. The summed E-state index contributed by atoms with van der Waals surface area (Å²) in [5, 5.41) is 26.7. The molecule has 0 fully saturated rings. The zero-order valence-electron chi connectivity index (χ0n) is 17.8. The van der Waals surface area contributed by atoms with Crippen LogP contribution >= 0.6 is 0 Å². The van der Waals surface area contributed by atoms with Crippen molar-refractivity contribution in [2.24, 2.45) is 0 Å². The Balaban J connectivity index is 1.66. The average Bonchev–Trinajstić information content (AvgIpc) is 2.83. The van der Waals surface area contributed by atoms with Crippen molar-refractivity contribution < 1.29 is 14.7 Å². The van der Waals surface area contributed by atoms with Crippen molar-refractivity contribution in [3.8, 4) is 6.07 Å². The molecule has 1 atom stereocenters. The first-order chi connectivity index (χ1) is 15.8. The number of rotatable bonds is 10. The second-order valence-corrected chi connectivity index (χ2v) is 7.41. The van der Waals surface area contributed by atoms with Crippen LogP contribution in [0.4, 0.5) is 17.1 Å². The third kappa shape index (κ3) is 5.43. The maximum Gasteiger partial charge on any atom is 0.326 e. The second kappa shape index (κ2) is 10.2. The minimum atomic E-state index is -1.16. The van der Waals surface area contributed by atoms with Crippen molar-refractivity contribution in [3.05, 3.63) is 85.7 Å². The van der Waals surface area contributed by atoms with Gasteiger partial charge in [-0.15, -0.1) is 0 Å². The van der Waals surface area contributed by atoms with Crippen LogP contribution in [-0.2, 0) is 11.2 Å². The van der Waals surface area contributed by atoms with E-state index < -0.39 is 22.9 Å². The molecular formula is C24H22N4O5. The SMILES string of the molecule is CCCNc1c(NC(Cc2ccc(NC(=O)c3ccc(C#N)cc3)cc2)C(=O)O)c(=O)c1=O. The van der Waals surface area contributed by atoms with Crippen LogP contribution in [-0.4, -0.2) is 29.6 Å². The van der Waals surface area contributed by atoms with E-state index in [1.165, 1.54) is 0 Å². The summed E-state index contributed by atoms with van der Waals surface area (Å²) >= 11 is 0. The molecule has 0 spiro atoms. The Morgan fingerprint density at radius 2 is 1.64 bits per heavy atom. The van der Waals surface area contributed by atoms with Crippen LogP contribution in [0.2, 0.25) is 0 Å². The molecule has 1 unspecified atom stereocenters. The summed E-state index contributed by atoms with van der Waals surface area (Å²) in [6, 6.07) is 13.7. The minimum Gasteiger partial charge on any atom is -0.480 e. The molecule has 0 heterocycles. The van der Waals surface area contributed by atoms with E-state index in [0.29, 0.717) is 28.9 Å². The van der Waals surface area contributed by atoms with Crippen LogP contribution in [0.5, 0.6) is 0 Å². The summed E-state index contributed by atoms with van der Waals surface area (Å²) in [4.78, 5) is 47.7. The van der Waals surface area contributed by atoms with Gasteiger partial charge in [0, 0.05) is 24.2 Å². The normalized spacial score (nSPS) is 11.4. The summed E-state index contributed by atoms with van der Waals surface area (Å²) in [5.74, 6) is -1.51. The van der Waals surface area contributed by atoms with Gasteiger partial charge in [0.15, 0.2) is 0 Å². The minimum absolute atomic E-state index is 0.00727. The van der Waals surface area contributed by atoms with Crippen LogP contribution in [0.25, 0.3) is 0 Å². The summed E-state index contributed by atoms with van der Waals surface area (Å²) in [5.41, 5.74) is 0.747. The van der Waals surface area contributed by atoms with Crippen LogP contribution in [0.1, 0.15) is 34.8 Å². The van der Waals surface area contributed by atoms with Gasteiger partial charge in [0.1, 0.15) is 17.4 Å². The van der Waals surface area contributed by atoms with E-state index in [-0.39, 0.29) is 23.7 Å². The molecule has 0 saturated heterocycles. The molecule has 0 radical (unpaired) electrons. The number of carboxylic acids is 1. The van der Waals surface area contributed by atoms with Gasteiger partial charge in [-0.1, -0.05) is 19.1 Å². The van der Waals surface area contributed by atoms with Gasteiger partial charge < -0.3 is 21.1 Å². The Kier molecular flexibility index (Phi) is 7.20. The number of hydrogen-bond donors (Lipinski definition) is 4. The highest BCUT2D eigenvalue weighted by Gasteiger charge is 2.26. The molecule has 9 nitrogen and oxygen atoms in total. The Bertz CT molecular complexity index is 1270. The smallest absolute Gasteiger partial charge is 0.326 e. The van der Waals surface area contributed by atoms with E-state index in [0.717, 1.165) is 6.42 Å². The average molecular weight is 446 g/mol. The molecule has 9 heteroatoms. The molecule has 168 valence electrons.